The number of hydrogen-bond donors (Lipinski definition) is 2. The van der Waals surface area contributed by atoms with Gasteiger partial charge in [0.25, 0.3) is 0 Å². The molecule has 2 rings (SSSR count). The number of aryl methyl sites for hydroxylation is 1. The largest absolute Gasteiger partial charge is 0.394 e. The Morgan fingerprint density at radius 3 is 2.72 bits per heavy atom. The van der Waals surface area contributed by atoms with Crippen LogP contribution in [0.4, 0.5) is 5.69 Å². The first kappa shape index (κ1) is 13.3. The van der Waals surface area contributed by atoms with E-state index in [1.807, 2.05) is 6.07 Å². The molecule has 100 valence electrons. The number of hydrogen-bond acceptors (Lipinski definition) is 4. The fourth-order valence-electron chi connectivity index (χ4n) is 2.34. The van der Waals surface area contributed by atoms with E-state index < -0.39 is 0 Å². The number of rotatable bonds is 4. The first-order valence-electron chi connectivity index (χ1n) is 6.58. The third-order valence-electron chi connectivity index (χ3n) is 3.46. The SMILES string of the molecule is CCc1cc([C@H](N)CO)ccc1N1CCOCC1. The summed E-state index contributed by atoms with van der Waals surface area (Å²) in [5.74, 6) is 0. The van der Waals surface area contributed by atoms with E-state index in [-0.39, 0.29) is 12.6 Å². The predicted octanol–water partition coefficient (Wildman–Crippen LogP) is 1.08. The topological polar surface area (TPSA) is 58.7 Å². The van der Waals surface area contributed by atoms with Crippen LogP contribution in [0.3, 0.4) is 0 Å². The molecule has 0 amide bonds. The van der Waals surface area contributed by atoms with Crippen LogP contribution in [-0.2, 0) is 11.2 Å². The standard InChI is InChI=1S/C14H22N2O2/c1-2-11-9-12(13(15)10-17)3-4-14(11)16-5-7-18-8-6-16/h3-4,9,13,17H,2,5-8,10,15H2,1H3/t13-/m1/s1. The Morgan fingerprint density at radius 1 is 1.39 bits per heavy atom. The van der Waals surface area contributed by atoms with Crippen molar-refractivity contribution in [1.29, 1.82) is 0 Å². The summed E-state index contributed by atoms with van der Waals surface area (Å²) in [5.41, 5.74) is 9.43. The molecular formula is C14H22N2O2. The van der Waals surface area contributed by atoms with E-state index in [1.54, 1.807) is 0 Å². The Labute approximate surface area is 108 Å². The molecule has 1 aromatic rings. The summed E-state index contributed by atoms with van der Waals surface area (Å²) >= 11 is 0. The van der Waals surface area contributed by atoms with Gasteiger partial charge in [-0.05, 0) is 23.6 Å². The van der Waals surface area contributed by atoms with E-state index >= 15 is 0 Å². The summed E-state index contributed by atoms with van der Waals surface area (Å²) in [4.78, 5) is 2.36. The molecule has 1 aliphatic rings. The van der Waals surface area contributed by atoms with Crippen LogP contribution in [0.15, 0.2) is 18.2 Å². The maximum atomic E-state index is 9.12. The van der Waals surface area contributed by atoms with Crippen LogP contribution in [0.1, 0.15) is 24.1 Å². The molecule has 0 radical (unpaired) electrons. The molecule has 1 heterocycles. The Morgan fingerprint density at radius 2 is 2.11 bits per heavy atom. The average Bonchev–Trinajstić information content (AvgIpc) is 2.46. The van der Waals surface area contributed by atoms with Crippen LogP contribution < -0.4 is 10.6 Å². The van der Waals surface area contributed by atoms with Crippen LogP contribution in [0.25, 0.3) is 0 Å². The van der Waals surface area contributed by atoms with Crippen LogP contribution in [-0.4, -0.2) is 38.0 Å². The lowest BCUT2D eigenvalue weighted by Crippen LogP contribution is -2.36. The Kier molecular flexibility index (Phi) is 4.58. The van der Waals surface area contributed by atoms with Crippen molar-refractivity contribution in [3.8, 4) is 0 Å². The molecule has 0 aliphatic carbocycles. The lowest BCUT2D eigenvalue weighted by atomic mass is 10.0. The highest BCUT2D eigenvalue weighted by Gasteiger charge is 2.15. The molecule has 4 nitrogen and oxygen atoms in total. The minimum Gasteiger partial charge on any atom is -0.394 e. The van der Waals surface area contributed by atoms with E-state index in [4.69, 9.17) is 15.6 Å². The van der Waals surface area contributed by atoms with Gasteiger partial charge in [0.2, 0.25) is 0 Å². The van der Waals surface area contributed by atoms with Crippen molar-refractivity contribution >= 4 is 5.69 Å². The lowest BCUT2D eigenvalue weighted by Gasteiger charge is -2.31. The van der Waals surface area contributed by atoms with Gasteiger partial charge in [0.15, 0.2) is 0 Å². The summed E-state index contributed by atoms with van der Waals surface area (Å²) < 4.78 is 5.38. The number of anilines is 1. The van der Waals surface area contributed by atoms with Crippen LogP contribution >= 0.6 is 0 Å². The number of aliphatic hydroxyl groups excluding tert-OH is 1. The smallest absolute Gasteiger partial charge is 0.0642 e. The predicted molar refractivity (Wildman–Crippen MR) is 72.9 cm³/mol. The van der Waals surface area contributed by atoms with Crippen molar-refractivity contribution in [2.45, 2.75) is 19.4 Å². The molecule has 0 bridgehead atoms. The Balaban J connectivity index is 2.24. The molecule has 1 saturated heterocycles. The molecule has 1 fully saturated rings. The fourth-order valence-corrected chi connectivity index (χ4v) is 2.34. The molecule has 4 heteroatoms. The molecule has 18 heavy (non-hydrogen) atoms. The number of ether oxygens (including phenoxy) is 1. The monoisotopic (exact) mass is 250 g/mol. The molecular weight excluding hydrogens is 228 g/mol. The van der Waals surface area contributed by atoms with Gasteiger partial charge in [-0.3, -0.25) is 0 Å². The summed E-state index contributed by atoms with van der Waals surface area (Å²) in [5, 5.41) is 9.12. The zero-order chi connectivity index (χ0) is 13.0. The number of nitrogens with zero attached hydrogens (tertiary/aromatic N) is 1. The van der Waals surface area contributed by atoms with Gasteiger partial charge < -0.3 is 20.5 Å². The van der Waals surface area contributed by atoms with Gasteiger partial charge in [0.1, 0.15) is 0 Å². The minimum absolute atomic E-state index is 0.0138. The van der Waals surface area contributed by atoms with Gasteiger partial charge in [-0.15, -0.1) is 0 Å². The summed E-state index contributed by atoms with van der Waals surface area (Å²) in [6.45, 7) is 5.60. The van der Waals surface area contributed by atoms with Crippen LogP contribution in [0, 0.1) is 0 Å². The third-order valence-corrected chi connectivity index (χ3v) is 3.46. The average molecular weight is 250 g/mol. The number of morpholine rings is 1. The Hall–Kier alpha value is -1.10. The summed E-state index contributed by atoms with van der Waals surface area (Å²) in [7, 11) is 0. The Bertz CT molecular complexity index is 389. The van der Waals surface area contributed by atoms with E-state index in [1.165, 1.54) is 11.3 Å². The van der Waals surface area contributed by atoms with Crippen molar-refractivity contribution < 1.29 is 9.84 Å². The maximum absolute atomic E-state index is 9.12. The van der Waals surface area contributed by atoms with E-state index in [0.29, 0.717) is 0 Å². The second kappa shape index (κ2) is 6.18. The van der Waals surface area contributed by atoms with Crippen LogP contribution in [0.5, 0.6) is 0 Å². The highest BCUT2D eigenvalue weighted by Crippen LogP contribution is 2.25. The minimum atomic E-state index is -0.283. The van der Waals surface area contributed by atoms with E-state index in [2.05, 4.69) is 24.0 Å². The first-order valence-corrected chi connectivity index (χ1v) is 6.58. The first-order chi connectivity index (χ1) is 8.76. The van der Waals surface area contributed by atoms with Gasteiger partial charge in [-0.25, -0.2) is 0 Å². The van der Waals surface area contributed by atoms with Crippen molar-refractivity contribution in [3.63, 3.8) is 0 Å². The molecule has 3 N–H and O–H groups in total. The van der Waals surface area contributed by atoms with E-state index in [9.17, 15) is 0 Å². The molecule has 0 saturated carbocycles. The molecule has 1 aromatic carbocycles. The lowest BCUT2D eigenvalue weighted by molar-refractivity contribution is 0.122. The van der Waals surface area contributed by atoms with Crippen LogP contribution in [0.2, 0.25) is 0 Å². The fraction of sp³-hybridized carbons (Fsp3) is 0.571. The second-order valence-electron chi connectivity index (χ2n) is 4.63. The van der Waals surface area contributed by atoms with Gasteiger partial charge >= 0.3 is 0 Å². The van der Waals surface area contributed by atoms with Gasteiger partial charge in [-0.2, -0.15) is 0 Å². The molecule has 0 unspecified atom stereocenters. The maximum Gasteiger partial charge on any atom is 0.0642 e. The van der Waals surface area contributed by atoms with Crippen molar-refractivity contribution in [3.05, 3.63) is 29.3 Å². The quantitative estimate of drug-likeness (QED) is 0.839. The summed E-state index contributed by atoms with van der Waals surface area (Å²) in [6, 6.07) is 5.97. The zero-order valence-electron chi connectivity index (χ0n) is 10.9. The number of aliphatic hydroxyl groups is 1. The number of nitrogens with two attached hydrogens (primary N) is 1. The molecule has 0 aromatic heterocycles. The second-order valence-corrected chi connectivity index (χ2v) is 4.63. The highest BCUT2D eigenvalue weighted by atomic mass is 16.5. The van der Waals surface area contributed by atoms with Gasteiger partial charge in [0.05, 0.1) is 25.9 Å². The third kappa shape index (κ3) is 2.83. The molecule has 1 aliphatic heterocycles. The normalized spacial score (nSPS) is 17.8. The van der Waals surface area contributed by atoms with Crippen molar-refractivity contribution in [1.82, 2.24) is 0 Å². The molecule has 1 atom stereocenters. The number of benzene rings is 1. The van der Waals surface area contributed by atoms with Gasteiger partial charge in [-0.1, -0.05) is 19.1 Å². The molecule has 0 spiro atoms. The van der Waals surface area contributed by atoms with Crippen molar-refractivity contribution in [2.24, 2.45) is 5.73 Å². The van der Waals surface area contributed by atoms with E-state index in [0.717, 1.165) is 38.3 Å². The van der Waals surface area contributed by atoms with Crippen molar-refractivity contribution in [2.75, 3.05) is 37.8 Å². The summed E-state index contributed by atoms with van der Waals surface area (Å²) in [6.07, 6.45) is 0.971. The van der Waals surface area contributed by atoms with Gasteiger partial charge in [0, 0.05) is 18.8 Å². The zero-order valence-corrected chi connectivity index (χ0v) is 10.9. The highest BCUT2D eigenvalue weighted by molar-refractivity contribution is 5.55.